The summed E-state index contributed by atoms with van der Waals surface area (Å²) in [5, 5.41) is 0.540. The molecule has 1 aliphatic rings. The van der Waals surface area contributed by atoms with E-state index in [0.29, 0.717) is 28.8 Å². The fraction of sp³-hybridized carbons (Fsp3) is 0.167. The summed E-state index contributed by atoms with van der Waals surface area (Å²) in [4.78, 5) is 26.7. The molecule has 7 heteroatoms. The first kappa shape index (κ1) is 21.8. The summed E-state index contributed by atoms with van der Waals surface area (Å²) < 4.78 is 5.99. The zero-order valence-electron chi connectivity index (χ0n) is 16.5. The number of ether oxygens (including phenoxy) is 1. The number of amides is 2. The van der Waals surface area contributed by atoms with Crippen molar-refractivity contribution in [3.05, 3.63) is 99.5 Å². The van der Waals surface area contributed by atoms with Crippen molar-refractivity contribution in [2.45, 2.75) is 24.8 Å². The molecule has 4 rings (SSSR count). The quantitative estimate of drug-likeness (QED) is 0.401. The molecule has 0 spiro atoms. The average Bonchev–Trinajstić information content (AvgIpc) is 3.03. The van der Waals surface area contributed by atoms with Gasteiger partial charge in [0.05, 0.1) is 11.8 Å². The molecule has 0 unspecified atom stereocenters. The predicted molar refractivity (Wildman–Crippen MR) is 125 cm³/mol. The Morgan fingerprint density at radius 2 is 1.55 bits per heavy atom. The van der Waals surface area contributed by atoms with Gasteiger partial charge >= 0.3 is 0 Å². The van der Waals surface area contributed by atoms with Crippen molar-refractivity contribution in [1.82, 2.24) is 4.90 Å². The van der Waals surface area contributed by atoms with Crippen LogP contribution in [0, 0.1) is 0 Å². The topological polar surface area (TPSA) is 46.6 Å². The van der Waals surface area contributed by atoms with Crippen molar-refractivity contribution in [1.29, 1.82) is 0 Å². The molecule has 0 aliphatic carbocycles. The van der Waals surface area contributed by atoms with E-state index < -0.39 is 5.25 Å². The van der Waals surface area contributed by atoms with Crippen LogP contribution in [0.2, 0.25) is 10.0 Å². The van der Waals surface area contributed by atoms with Crippen LogP contribution in [0.4, 0.5) is 4.79 Å². The second-order valence-electron chi connectivity index (χ2n) is 7.12. The van der Waals surface area contributed by atoms with E-state index in [1.165, 1.54) is 4.90 Å². The van der Waals surface area contributed by atoms with Gasteiger partial charge in [-0.3, -0.25) is 14.5 Å². The maximum absolute atomic E-state index is 12.9. The minimum atomic E-state index is -0.482. The number of thioether (sulfide) groups is 1. The minimum Gasteiger partial charge on any atom is -0.489 e. The Bertz CT molecular complexity index is 1100. The van der Waals surface area contributed by atoms with Crippen LogP contribution in [0.3, 0.4) is 0 Å². The van der Waals surface area contributed by atoms with E-state index in [1.54, 1.807) is 12.1 Å². The first-order valence-electron chi connectivity index (χ1n) is 9.72. The lowest BCUT2D eigenvalue weighted by atomic mass is 10.1. The van der Waals surface area contributed by atoms with E-state index in [2.05, 4.69) is 0 Å². The number of para-hydroxylation sites is 1. The highest BCUT2D eigenvalue weighted by Crippen LogP contribution is 2.33. The highest BCUT2D eigenvalue weighted by Gasteiger charge is 2.39. The first-order chi connectivity index (χ1) is 15.0. The van der Waals surface area contributed by atoms with Crippen LogP contribution in [0.1, 0.15) is 16.7 Å². The minimum absolute atomic E-state index is 0.189. The number of benzene rings is 3. The van der Waals surface area contributed by atoms with Crippen LogP contribution < -0.4 is 4.74 Å². The lowest BCUT2D eigenvalue weighted by Gasteiger charge is -2.15. The number of nitrogens with zero attached hydrogens (tertiary/aromatic N) is 1. The van der Waals surface area contributed by atoms with Gasteiger partial charge in [-0.2, -0.15) is 0 Å². The zero-order valence-corrected chi connectivity index (χ0v) is 18.8. The lowest BCUT2D eigenvalue weighted by Crippen LogP contribution is -2.31. The van der Waals surface area contributed by atoms with Gasteiger partial charge in [0, 0.05) is 15.6 Å². The third-order valence-electron chi connectivity index (χ3n) is 4.98. The molecule has 0 aromatic heterocycles. The van der Waals surface area contributed by atoms with Crippen LogP contribution in [-0.4, -0.2) is 21.3 Å². The number of hydrogen-bond acceptors (Lipinski definition) is 4. The van der Waals surface area contributed by atoms with Gasteiger partial charge in [0.15, 0.2) is 0 Å². The molecule has 1 aliphatic heterocycles. The van der Waals surface area contributed by atoms with E-state index in [0.717, 1.165) is 28.5 Å². The van der Waals surface area contributed by atoms with Gasteiger partial charge in [-0.15, -0.1) is 0 Å². The molecule has 4 nitrogen and oxygen atoms in total. The Balaban J connectivity index is 1.44. The molecule has 0 saturated carbocycles. The molecule has 0 radical (unpaired) electrons. The number of imide groups is 1. The van der Waals surface area contributed by atoms with Crippen molar-refractivity contribution in [2.75, 3.05) is 0 Å². The van der Waals surface area contributed by atoms with Gasteiger partial charge in [0.1, 0.15) is 12.4 Å². The van der Waals surface area contributed by atoms with Crippen LogP contribution in [-0.2, 0) is 24.4 Å². The molecule has 0 N–H and O–H groups in total. The van der Waals surface area contributed by atoms with Gasteiger partial charge in [-0.05, 0) is 41.8 Å². The third kappa shape index (κ3) is 5.24. The predicted octanol–water partition coefficient (Wildman–Crippen LogP) is 6.38. The van der Waals surface area contributed by atoms with Gasteiger partial charge in [-0.1, -0.05) is 83.5 Å². The summed E-state index contributed by atoms with van der Waals surface area (Å²) in [5.41, 5.74) is 2.62. The third-order valence-corrected chi connectivity index (χ3v) is 6.67. The molecule has 3 aromatic rings. The normalized spacial score (nSPS) is 16.1. The second-order valence-corrected chi connectivity index (χ2v) is 9.11. The Hall–Kier alpha value is -2.47. The Morgan fingerprint density at radius 3 is 2.29 bits per heavy atom. The zero-order chi connectivity index (χ0) is 21.8. The maximum Gasteiger partial charge on any atom is 0.289 e. The highest BCUT2D eigenvalue weighted by molar-refractivity contribution is 8.15. The van der Waals surface area contributed by atoms with Crippen molar-refractivity contribution in [3.63, 3.8) is 0 Å². The van der Waals surface area contributed by atoms with E-state index >= 15 is 0 Å². The largest absolute Gasteiger partial charge is 0.489 e. The van der Waals surface area contributed by atoms with Gasteiger partial charge in [0.2, 0.25) is 5.91 Å². The molecular formula is C24H19Cl2NO3S. The summed E-state index contributed by atoms with van der Waals surface area (Å²) in [6.45, 7) is 0.563. The summed E-state index contributed by atoms with van der Waals surface area (Å²) >= 11 is 13.2. The fourth-order valence-electron chi connectivity index (χ4n) is 3.33. The van der Waals surface area contributed by atoms with Crippen molar-refractivity contribution >= 4 is 46.1 Å². The fourth-order valence-corrected chi connectivity index (χ4v) is 4.66. The molecule has 1 heterocycles. The monoisotopic (exact) mass is 471 g/mol. The molecule has 0 bridgehead atoms. The number of halogens is 2. The molecule has 158 valence electrons. The number of rotatable bonds is 7. The molecule has 3 aromatic carbocycles. The van der Waals surface area contributed by atoms with E-state index in [-0.39, 0.29) is 17.7 Å². The molecule has 31 heavy (non-hydrogen) atoms. The number of carbonyl (C=O) groups is 2. The van der Waals surface area contributed by atoms with Crippen LogP contribution in [0.15, 0.2) is 72.8 Å². The Morgan fingerprint density at radius 1 is 0.871 bits per heavy atom. The molecule has 2 amide bonds. The van der Waals surface area contributed by atoms with E-state index in [1.807, 2.05) is 60.7 Å². The molecule has 1 fully saturated rings. The highest BCUT2D eigenvalue weighted by atomic mass is 35.5. The molecular weight excluding hydrogens is 453 g/mol. The summed E-state index contributed by atoms with van der Waals surface area (Å²) in [6, 6.07) is 22.2. The van der Waals surface area contributed by atoms with Crippen molar-refractivity contribution < 1.29 is 14.3 Å². The SMILES string of the molecule is O=C1S[C@H](Cc2ccccc2OCc2ccccc2Cl)C(=O)N1Cc1ccc(Cl)cc1. The second kappa shape index (κ2) is 9.77. The van der Waals surface area contributed by atoms with Crippen LogP contribution >= 0.6 is 35.0 Å². The average molecular weight is 472 g/mol. The summed E-state index contributed by atoms with van der Waals surface area (Å²) in [6.07, 6.45) is 0.408. The van der Waals surface area contributed by atoms with E-state index in [4.69, 9.17) is 27.9 Å². The van der Waals surface area contributed by atoms with Crippen molar-refractivity contribution in [3.8, 4) is 5.75 Å². The first-order valence-corrected chi connectivity index (χ1v) is 11.4. The lowest BCUT2D eigenvalue weighted by molar-refractivity contribution is -0.127. The Kier molecular flexibility index (Phi) is 6.86. The number of hydrogen-bond donors (Lipinski definition) is 0. The molecule has 1 atom stereocenters. The Labute approximate surface area is 195 Å². The van der Waals surface area contributed by atoms with Gasteiger partial charge in [0.25, 0.3) is 5.24 Å². The number of carbonyl (C=O) groups excluding carboxylic acids is 2. The molecule has 1 saturated heterocycles. The summed E-state index contributed by atoms with van der Waals surface area (Å²) in [7, 11) is 0. The van der Waals surface area contributed by atoms with Crippen LogP contribution in [0.25, 0.3) is 0 Å². The van der Waals surface area contributed by atoms with E-state index in [9.17, 15) is 9.59 Å². The summed E-state index contributed by atoms with van der Waals surface area (Å²) in [5.74, 6) is 0.491. The van der Waals surface area contributed by atoms with Crippen LogP contribution in [0.5, 0.6) is 5.75 Å². The maximum atomic E-state index is 12.9. The smallest absolute Gasteiger partial charge is 0.289 e. The van der Waals surface area contributed by atoms with Crippen molar-refractivity contribution in [2.24, 2.45) is 0 Å². The van der Waals surface area contributed by atoms with Gasteiger partial charge in [-0.25, -0.2) is 0 Å². The van der Waals surface area contributed by atoms with Gasteiger partial charge < -0.3 is 4.74 Å². The standard InChI is InChI=1S/C24H19Cl2NO3S/c25-19-11-9-16(10-12-19)14-27-23(28)22(31-24(27)29)13-17-5-2-4-8-21(17)30-15-18-6-1-3-7-20(18)26/h1-12,22H,13-15H2/t22-/m1/s1.